The number of ether oxygens (including phenoxy) is 1. The van der Waals surface area contributed by atoms with Crippen LogP contribution in [0.3, 0.4) is 0 Å². The first-order valence-corrected chi connectivity index (χ1v) is 11.5. The second kappa shape index (κ2) is 7.31. The first-order valence-electron chi connectivity index (χ1n) is 11.1. The summed E-state index contributed by atoms with van der Waals surface area (Å²) in [6.45, 7) is 0. The maximum atomic E-state index is 6.55. The Morgan fingerprint density at radius 2 is 1.73 bits per heavy atom. The number of hydrogen-bond donors (Lipinski definition) is 0. The van der Waals surface area contributed by atoms with Crippen molar-refractivity contribution in [2.24, 2.45) is 11.0 Å². The molecule has 1 aliphatic carbocycles. The van der Waals surface area contributed by atoms with Crippen molar-refractivity contribution in [2.45, 2.75) is 50.8 Å². The Labute approximate surface area is 182 Å². The van der Waals surface area contributed by atoms with Crippen LogP contribution in [0.25, 0.3) is 10.8 Å². The Morgan fingerprint density at radius 3 is 2.60 bits per heavy atom. The Bertz CT molecular complexity index is 1130. The van der Waals surface area contributed by atoms with Crippen molar-refractivity contribution in [3.63, 3.8) is 0 Å². The van der Waals surface area contributed by atoms with E-state index in [1.165, 1.54) is 48.4 Å². The zero-order valence-electron chi connectivity index (χ0n) is 16.9. The van der Waals surface area contributed by atoms with Gasteiger partial charge in [0.2, 0.25) is 0 Å². The molecule has 2 atom stereocenters. The summed E-state index contributed by atoms with van der Waals surface area (Å²) < 4.78 is 6.55. The van der Waals surface area contributed by atoms with Crippen LogP contribution < -0.4 is 4.74 Å². The maximum Gasteiger partial charge on any atom is 0.190 e. The maximum absolute atomic E-state index is 6.55. The first kappa shape index (κ1) is 18.3. The van der Waals surface area contributed by atoms with E-state index in [9.17, 15) is 0 Å². The van der Waals surface area contributed by atoms with E-state index in [0.717, 1.165) is 28.5 Å². The molecule has 0 aromatic heterocycles. The summed E-state index contributed by atoms with van der Waals surface area (Å²) in [7, 11) is 0. The van der Waals surface area contributed by atoms with Gasteiger partial charge in [0.25, 0.3) is 0 Å². The monoisotopic (exact) mass is 416 g/mol. The van der Waals surface area contributed by atoms with Gasteiger partial charge in [-0.2, -0.15) is 5.10 Å². The van der Waals surface area contributed by atoms with E-state index in [1.54, 1.807) is 0 Å². The zero-order chi connectivity index (χ0) is 20.1. The van der Waals surface area contributed by atoms with E-state index in [1.807, 2.05) is 12.1 Å². The minimum atomic E-state index is 0.0157. The van der Waals surface area contributed by atoms with Gasteiger partial charge in [-0.1, -0.05) is 67.3 Å². The minimum Gasteiger partial charge on any atom is -0.468 e. The van der Waals surface area contributed by atoms with Crippen LogP contribution in [-0.2, 0) is 0 Å². The smallest absolute Gasteiger partial charge is 0.190 e. The molecule has 0 saturated heterocycles. The largest absolute Gasteiger partial charge is 0.468 e. The van der Waals surface area contributed by atoms with E-state index >= 15 is 0 Å². The number of halogens is 1. The molecule has 0 spiro atoms. The fourth-order valence-electron chi connectivity index (χ4n) is 5.36. The highest BCUT2D eigenvalue weighted by molar-refractivity contribution is 6.30. The molecule has 30 heavy (non-hydrogen) atoms. The number of hydrogen-bond acceptors (Lipinski definition) is 3. The molecule has 2 aliphatic heterocycles. The van der Waals surface area contributed by atoms with E-state index in [0.29, 0.717) is 5.92 Å². The van der Waals surface area contributed by atoms with Gasteiger partial charge in [-0.15, -0.1) is 0 Å². The van der Waals surface area contributed by atoms with Crippen molar-refractivity contribution in [1.29, 1.82) is 0 Å². The van der Waals surface area contributed by atoms with Crippen molar-refractivity contribution >= 4 is 28.1 Å². The highest BCUT2D eigenvalue weighted by Crippen LogP contribution is 2.47. The molecule has 0 unspecified atom stereocenters. The topological polar surface area (TPSA) is 24.8 Å². The lowest BCUT2D eigenvalue weighted by atomic mass is 9.86. The summed E-state index contributed by atoms with van der Waals surface area (Å²) >= 11 is 6.36. The summed E-state index contributed by atoms with van der Waals surface area (Å²) in [5, 5.41) is 10.7. The van der Waals surface area contributed by atoms with Crippen LogP contribution in [0.15, 0.2) is 65.8 Å². The highest BCUT2D eigenvalue weighted by Gasteiger charge is 2.43. The highest BCUT2D eigenvalue weighted by atomic mass is 35.5. The number of nitrogens with zero attached hydrogens (tertiary/aromatic N) is 2. The average molecular weight is 417 g/mol. The van der Waals surface area contributed by atoms with Gasteiger partial charge in [-0.25, -0.2) is 5.01 Å². The summed E-state index contributed by atoms with van der Waals surface area (Å²) in [4.78, 5) is 0. The van der Waals surface area contributed by atoms with Gasteiger partial charge in [-0.3, -0.25) is 0 Å². The predicted molar refractivity (Wildman–Crippen MR) is 122 cm³/mol. The Hall–Kier alpha value is -2.52. The minimum absolute atomic E-state index is 0.0157. The molecule has 2 heterocycles. The van der Waals surface area contributed by atoms with Crippen LogP contribution >= 0.6 is 11.6 Å². The molecule has 1 fully saturated rings. The normalized spacial score (nSPS) is 23.6. The molecule has 6 rings (SSSR count). The van der Waals surface area contributed by atoms with Crippen LogP contribution in [0.1, 0.15) is 55.7 Å². The Morgan fingerprint density at radius 1 is 0.900 bits per heavy atom. The van der Waals surface area contributed by atoms with E-state index in [-0.39, 0.29) is 12.3 Å². The summed E-state index contributed by atoms with van der Waals surface area (Å²) in [6.07, 6.45) is 7.26. The standard InChI is InChI=1S/C26H25ClN2O/c27-21-12-13-25-22(15-21)24-16-23(20-11-10-17-6-4-5-9-19(17)14-20)28-29(24)26(30-25)18-7-2-1-3-8-18/h4-6,9-15,18,24,26H,1-3,7-8,16H2/t24-,26+/m1/s1. The molecule has 152 valence electrons. The van der Waals surface area contributed by atoms with Crippen LogP contribution in [0.5, 0.6) is 5.75 Å². The number of hydrazone groups is 1. The van der Waals surface area contributed by atoms with Gasteiger partial charge in [0, 0.05) is 22.9 Å². The van der Waals surface area contributed by atoms with Crippen LogP contribution in [-0.4, -0.2) is 16.9 Å². The lowest BCUT2D eigenvalue weighted by Gasteiger charge is -2.42. The molecule has 3 nitrogen and oxygen atoms in total. The first-order chi connectivity index (χ1) is 14.8. The Kier molecular flexibility index (Phi) is 4.45. The van der Waals surface area contributed by atoms with Crippen LogP contribution in [0.2, 0.25) is 5.02 Å². The number of benzene rings is 3. The quantitative estimate of drug-likeness (QED) is 0.451. The third-order valence-electron chi connectivity index (χ3n) is 6.92. The average Bonchev–Trinajstić information content (AvgIpc) is 3.25. The lowest BCUT2D eigenvalue weighted by Crippen LogP contribution is -2.45. The van der Waals surface area contributed by atoms with Crippen LogP contribution in [0, 0.1) is 5.92 Å². The Balaban J connectivity index is 1.41. The van der Waals surface area contributed by atoms with Crippen molar-refractivity contribution in [2.75, 3.05) is 0 Å². The number of rotatable bonds is 2. The second-order valence-corrected chi connectivity index (χ2v) is 9.23. The molecule has 0 bridgehead atoms. The molecule has 3 aromatic carbocycles. The third-order valence-corrected chi connectivity index (χ3v) is 7.15. The van der Waals surface area contributed by atoms with Crippen molar-refractivity contribution < 1.29 is 4.74 Å². The summed E-state index contributed by atoms with van der Waals surface area (Å²) in [5.74, 6) is 1.51. The molecule has 0 amide bonds. The third kappa shape index (κ3) is 3.07. The number of fused-ring (bicyclic) bond motifs is 4. The summed E-state index contributed by atoms with van der Waals surface area (Å²) in [5.41, 5.74) is 3.51. The van der Waals surface area contributed by atoms with Gasteiger partial charge in [-0.05, 0) is 53.4 Å². The van der Waals surface area contributed by atoms with E-state index in [2.05, 4.69) is 53.5 Å². The molecule has 0 radical (unpaired) electrons. The molecule has 1 saturated carbocycles. The van der Waals surface area contributed by atoms with Gasteiger partial charge in [0.05, 0.1) is 11.8 Å². The van der Waals surface area contributed by atoms with Gasteiger partial charge >= 0.3 is 0 Å². The zero-order valence-corrected chi connectivity index (χ0v) is 17.7. The SMILES string of the molecule is Clc1ccc2c(c1)[C@H]1CC(c3ccc4ccccc4c3)=NN1[C@H](C1CCCCC1)O2. The van der Waals surface area contributed by atoms with Crippen LogP contribution in [0.4, 0.5) is 0 Å². The molecule has 3 aliphatic rings. The molecule has 0 N–H and O–H groups in total. The van der Waals surface area contributed by atoms with Gasteiger partial charge in [0.1, 0.15) is 5.75 Å². The van der Waals surface area contributed by atoms with E-state index < -0.39 is 0 Å². The van der Waals surface area contributed by atoms with Crippen molar-refractivity contribution in [3.05, 3.63) is 76.8 Å². The molecule has 4 heteroatoms. The second-order valence-electron chi connectivity index (χ2n) is 8.80. The van der Waals surface area contributed by atoms with Crippen molar-refractivity contribution in [3.8, 4) is 5.75 Å². The molecule has 3 aromatic rings. The fourth-order valence-corrected chi connectivity index (χ4v) is 5.54. The van der Waals surface area contributed by atoms with E-state index in [4.69, 9.17) is 21.4 Å². The van der Waals surface area contributed by atoms with Gasteiger partial charge < -0.3 is 4.74 Å². The lowest BCUT2D eigenvalue weighted by molar-refractivity contribution is -0.0643. The summed E-state index contributed by atoms with van der Waals surface area (Å²) in [6, 6.07) is 21.4. The van der Waals surface area contributed by atoms with Gasteiger partial charge in [0.15, 0.2) is 6.23 Å². The molecular formula is C26H25ClN2O. The predicted octanol–water partition coefficient (Wildman–Crippen LogP) is 6.94. The molecular weight excluding hydrogens is 392 g/mol. The fraction of sp³-hybridized carbons (Fsp3) is 0.346. The van der Waals surface area contributed by atoms with Crippen molar-refractivity contribution in [1.82, 2.24) is 5.01 Å².